The predicted molar refractivity (Wildman–Crippen MR) is 106 cm³/mol. The van der Waals surface area contributed by atoms with Crippen LogP contribution in [0.1, 0.15) is 41.2 Å². The molecule has 0 spiro atoms. The van der Waals surface area contributed by atoms with Gasteiger partial charge in [-0.05, 0) is 50.5 Å². The highest BCUT2D eigenvalue weighted by Crippen LogP contribution is 2.27. The Hall–Kier alpha value is -2.40. The Morgan fingerprint density at radius 2 is 1.85 bits per heavy atom. The highest BCUT2D eigenvalue weighted by molar-refractivity contribution is 8.00. The third-order valence-electron chi connectivity index (χ3n) is 4.35. The quantitative estimate of drug-likeness (QED) is 0.464. The van der Waals surface area contributed by atoms with Crippen molar-refractivity contribution in [2.75, 3.05) is 0 Å². The number of ketones is 1. The average Bonchev–Trinajstić information content (AvgIpc) is 3.01. The van der Waals surface area contributed by atoms with E-state index in [1.807, 2.05) is 54.8 Å². The summed E-state index contributed by atoms with van der Waals surface area (Å²) in [5, 5.41) is 8.99. The van der Waals surface area contributed by atoms with E-state index < -0.39 is 0 Å². The Morgan fingerprint density at radius 3 is 2.50 bits per heavy atom. The zero-order valence-electron chi connectivity index (χ0n) is 15.6. The zero-order valence-corrected chi connectivity index (χ0v) is 16.4. The molecule has 0 radical (unpaired) electrons. The normalized spacial score (nSPS) is 12.2. The zero-order chi connectivity index (χ0) is 18.7. The second kappa shape index (κ2) is 7.87. The van der Waals surface area contributed by atoms with Gasteiger partial charge >= 0.3 is 0 Å². The molecule has 3 rings (SSSR count). The Labute approximate surface area is 158 Å². The maximum atomic E-state index is 12.8. The highest BCUT2D eigenvalue weighted by atomic mass is 32.2. The second-order valence-electron chi connectivity index (χ2n) is 6.38. The molecule has 0 bridgehead atoms. The van der Waals surface area contributed by atoms with Gasteiger partial charge in [-0.15, -0.1) is 10.2 Å². The van der Waals surface area contributed by atoms with Crippen LogP contribution in [0.3, 0.4) is 0 Å². The SMILES string of the molecule is CCc1ccc(C(=O)C(C)Sc2nnc(C)n2-c2cccc(C)c2)cc1. The molecule has 0 aliphatic rings. The van der Waals surface area contributed by atoms with E-state index in [4.69, 9.17) is 0 Å². The lowest BCUT2D eigenvalue weighted by Gasteiger charge is -2.13. The number of carbonyl (C=O) groups excluding carboxylic acids is 1. The summed E-state index contributed by atoms with van der Waals surface area (Å²) in [6, 6.07) is 16.1. The fraction of sp³-hybridized carbons (Fsp3) is 0.286. The highest BCUT2D eigenvalue weighted by Gasteiger charge is 2.21. The summed E-state index contributed by atoms with van der Waals surface area (Å²) in [4.78, 5) is 12.8. The number of aromatic nitrogens is 3. The molecule has 0 fully saturated rings. The molecule has 26 heavy (non-hydrogen) atoms. The van der Waals surface area contributed by atoms with Crippen LogP contribution in [-0.2, 0) is 6.42 Å². The first-order valence-corrected chi connectivity index (χ1v) is 9.66. The minimum Gasteiger partial charge on any atom is -0.293 e. The van der Waals surface area contributed by atoms with E-state index in [0.29, 0.717) is 0 Å². The van der Waals surface area contributed by atoms with Crippen molar-refractivity contribution in [2.45, 2.75) is 44.5 Å². The molecule has 0 aliphatic carbocycles. The molecule has 134 valence electrons. The minimum atomic E-state index is -0.241. The first-order chi connectivity index (χ1) is 12.5. The second-order valence-corrected chi connectivity index (χ2v) is 7.69. The van der Waals surface area contributed by atoms with Gasteiger partial charge in [0.05, 0.1) is 5.25 Å². The van der Waals surface area contributed by atoms with E-state index in [-0.39, 0.29) is 11.0 Å². The van der Waals surface area contributed by atoms with Gasteiger partial charge in [0.15, 0.2) is 10.9 Å². The molecule has 0 N–H and O–H groups in total. The molecule has 0 amide bonds. The number of benzene rings is 2. The standard InChI is InChI=1S/C21H23N3OS/c1-5-17-9-11-18(12-10-17)20(25)15(3)26-21-23-22-16(4)24(21)19-8-6-7-14(2)13-19/h6-13,15H,5H2,1-4H3. The first-order valence-electron chi connectivity index (χ1n) is 8.78. The Bertz CT molecular complexity index is 915. The number of Topliss-reactive ketones (excluding diaryl/α,β-unsaturated/α-hetero) is 1. The molecule has 1 atom stereocenters. The van der Waals surface area contributed by atoms with Crippen molar-refractivity contribution in [2.24, 2.45) is 0 Å². The van der Waals surface area contributed by atoms with Crippen LogP contribution in [0.5, 0.6) is 0 Å². The van der Waals surface area contributed by atoms with Gasteiger partial charge in [-0.3, -0.25) is 9.36 Å². The van der Waals surface area contributed by atoms with Crippen molar-refractivity contribution in [1.82, 2.24) is 14.8 Å². The number of hydrogen-bond acceptors (Lipinski definition) is 4. The maximum absolute atomic E-state index is 12.8. The fourth-order valence-electron chi connectivity index (χ4n) is 2.83. The predicted octanol–water partition coefficient (Wildman–Crippen LogP) is 4.81. The summed E-state index contributed by atoms with van der Waals surface area (Å²) >= 11 is 1.44. The van der Waals surface area contributed by atoms with E-state index >= 15 is 0 Å². The summed E-state index contributed by atoms with van der Waals surface area (Å²) in [5.74, 6) is 0.916. The van der Waals surface area contributed by atoms with Gasteiger partial charge in [-0.2, -0.15) is 0 Å². The van der Waals surface area contributed by atoms with Crippen molar-refractivity contribution in [3.63, 3.8) is 0 Å². The number of hydrogen-bond donors (Lipinski definition) is 0. The molecule has 1 aromatic heterocycles. The third kappa shape index (κ3) is 3.88. The molecule has 0 aliphatic heterocycles. The van der Waals surface area contributed by atoms with Crippen LogP contribution in [0.25, 0.3) is 5.69 Å². The number of rotatable bonds is 6. The largest absolute Gasteiger partial charge is 0.293 e. The van der Waals surface area contributed by atoms with Gasteiger partial charge in [0.2, 0.25) is 0 Å². The average molecular weight is 366 g/mol. The van der Waals surface area contributed by atoms with Crippen molar-refractivity contribution < 1.29 is 4.79 Å². The van der Waals surface area contributed by atoms with E-state index in [2.05, 4.69) is 36.2 Å². The van der Waals surface area contributed by atoms with Crippen LogP contribution < -0.4 is 0 Å². The fourth-order valence-corrected chi connectivity index (χ4v) is 3.82. The van der Waals surface area contributed by atoms with Gasteiger partial charge in [0.25, 0.3) is 0 Å². The van der Waals surface area contributed by atoms with Gasteiger partial charge in [-0.25, -0.2) is 0 Å². The van der Waals surface area contributed by atoms with Gasteiger partial charge in [0, 0.05) is 11.3 Å². The Kier molecular flexibility index (Phi) is 5.57. The Balaban J connectivity index is 1.83. The summed E-state index contributed by atoms with van der Waals surface area (Å²) in [6.07, 6.45) is 0.970. The minimum absolute atomic E-state index is 0.106. The number of carbonyl (C=O) groups is 1. The molecule has 0 saturated carbocycles. The van der Waals surface area contributed by atoms with Crippen LogP contribution in [0, 0.1) is 13.8 Å². The summed E-state index contributed by atoms with van der Waals surface area (Å²) in [5.41, 5.74) is 4.16. The summed E-state index contributed by atoms with van der Waals surface area (Å²) in [7, 11) is 0. The lowest BCUT2D eigenvalue weighted by atomic mass is 10.1. The van der Waals surface area contributed by atoms with Gasteiger partial charge in [0.1, 0.15) is 5.82 Å². The molecule has 1 heterocycles. The van der Waals surface area contributed by atoms with E-state index in [9.17, 15) is 4.79 Å². The van der Waals surface area contributed by atoms with Crippen LogP contribution in [-0.4, -0.2) is 25.8 Å². The maximum Gasteiger partial charge on any atom is 0.196 e. The third-order valence-corrected chi connectivity index (χ3v) is 5.40. The van der Waals surface area contributed by atoms with Gasteiger partial charge < -0.3 is 0 Å². The lowest BCUT2D eigenvalue weighted by Crippen LogP contribution is -2.14. The lowest BCUT2D eigenvalue weighted by molar-refractivity contribution is 0.0994. The smallest absolute Gasteiger partial charge is 0.196 e. The topological polar surface area (TPSA) is 47.8 Å². The van der Waals surface area contributed by atoms with Crippen molar-refractivity contribution in [3.05, 3.63) is 71.0 Å². The van der Waals surface area contributed by atoms with Crippen LogP contribution >= 0.6 is 11.8 Å². The Morgan fingerprint density at radius 1 is 1.12 bits per heavy atom. The first kappa shape index (κ1) is 18.4. The molecular weight excluding hydrogens is 342 g/mol. The molecule has 1 unspecified atom stereocenters. The van der Waals surface area contributed by atoms with Crippen LogP contribution in [0.2, 0.25) is 0 Å². The molecule has 5 heteroatoms. The van der Waals surface area contributed by atoms with E-state index in [1.165, 1.54) is 22.9 Å². The van der Waals surface area contributed by atoms with Crippen molar-refractivity contribution >= 4 is 17.5 Å². The number of aryl methyl sites for hydroxylation is 3. The summed E-state index contributed by atoms with van der Waals surface area (Å²) < 4.78 is 2.00. The van der Waals surface area contributed by atoms with Crippen LogP contribution in [0.15, 0.2) is 53.7 Å². The molecule has 4 nitrogen and oxygen atoms in total. The van der Waals surface area contributed by atoms with Crippen molar-refractivity contribution in [3.8, 4) is 5.69 Å². The monoisotopic (exact) mass is 365 g/mol. The van der Waals surface area contributed by atoms with E-state index in [1.54, 1.807) is 0 Å². The number of nitrogens with zero attached hydrogens (tertiary/aromatic N) is 3. The number of thioether (sulfide) groups is 1. The molecule has 2 aromatic carbocycles. The molecule has 0 saturated heterocycles. The summed E-state index contributed by atoms with van der Waals surface area (Å²) in [6.45, 7) is 8.01. The van der Waals surface area contributed by atoms with Crippen molar-refractivity contribution in [1.29, 1.82) is 0 Å². The van der Waals surface area contributed by atoms with E-state index in [0.717, 1.165) is 28.7 Å². The van der Waals surface area contributed by atoms with Gasteiger partial charge in [-0.1, -0.05) is 55.1 Å². The molecule has 3 aromatic rings. The molecular formula is C21H23N3OS. The van der Waals surface area contributed by atoms with Crippen LogP contribution in [0.4, 0.5) is 0 Å².